The summed E-state index contributed by atoms with van der Waals surface area (Å²) in [5.74, 6) is 0. The Labute approximate surface area is 42.8 Å². The molecule has 0 nitrogen and oxygen atoms in total. The second-order valence-corrected chi connectivity index (χ2v) is 8.73. The molecular formula is NiS2Se. The molecule has 0 aliphatic carbocycles. The molecule has 0 aromatic carbocycles. The summed E-state index contributed by atoms with van der Waals surface area (Å²) in [6, 6.07) is 0. The van der Waals surface area contributed by atoms with E-state index in [1.54, 1.807) is 0 Å². The Morgan fingerprint density at radius 1 is 1.50 bits per heavy atom. The molecule has 0 bridgehead atoms. The van der Waals surface area contributed by atoms with Crippen molar-refractivity contribution in [3.63, 3.8) is 0 Å². The van der Waals surface area contributed by atoms with Gasteiger partial charge in [-0.3, -0.25) is 0 Å². The van der Waals surface area contributed by atoms with Gasteiger partial charge in [0.15, 0.2) is 0 Å². The third kappa shape index (κ3) is 9.84. The fraction of sp³-hybridized carbons (Fsp3) is 0. The van der Waals surface area contributed by atoms with E-state index in [1.807, 2.05) is 0 Å². The molecule has 0 fully saturated rings. The van der Waals surface area contributed by atoms with Crippen LogP contribution in [0.5, 0.6) is 0 Å². The molecule has 0 aromatic heterocycles. The molecule has 0 rings (SSSR count). The fourth-order valence-corrected chi connectivity index (χ4v) is 0. The Morgan fingerprint density at radius 2 is 1.50 bits per heavy atom. The van der Waals surface area contributed by atoms with Crippen molar-refractivity contribution in [3.05, 3.63) is 0 Å². The Bertz CT molecular complexity index is 75.4. The van der Waals surface area contributed by atoms with E-state index in [1.165, 1.54) is 0 Å². The maximum atomic E-state index is 4.42. The van der Waals surface area contributed by atoms with E-state index in [0.717, 1.165) is 0 Å². The Kier molecular flexibility index (Phi) is 3.65. The van der Waals surface area contributed by atoms with Crippen molar-refractivity contribution in [1.82, 2.24) is 0 Å². The van der Waals surface area contributed by atoms with Crippen molar-refractivity contribution in [3.8, 4) is 0 Å². The fourth-order valence-electron chi connectivity index (χ4n) is 0. The molecule has 0 aliphatic heterocycles. The summed E-state index contributed by atoms with van der Waals surface area (Å²) in [7, 11) is 8.43. The van der Waals surface area contributed by atoms with Crippen molar-refractivity contribution in [2.24, 2.45) is 0 Å². The van der Waals surface area contributed by atoms with Crippen molar-refractivity contribution in [2.75, 3.05) is 0 Å². The number of hydrogen-bond acceptors (Lipinski definition) is 2. The van der Waals surface area contributed by atoms with Crippen molar-refractivity contribution in [2.45, 2.75) is 0 Å². The zero-order valence-electron chi connectivity index (χ0n) is 1.54. The van der Waals surface area contributed by atoms with Crippen LogP contribution in [0, 0.1) is 0 Å². The maximum absolute atomic E-state index is 4.42. The predicted molar refractivity (Wildman–Crippen MR) is 20.9 cm³/mol. The third-order valence-corrected chi connectivity index (χ3v) is 0. The van der Waals surface area contributed by atoms with E-state index in [4.69, 9.17) is 0 Å². The van der Waals surface area contributed by atoms with E-state index in [2.05, 4.69) is 35.1 Å². The molecule has 0 aromatic rings. The predicted octanol–water partition coefficient (Wildman–Crippen LogP) is 0.913. The zero-order valence-corrected chi connectivity index (χ0v) is 5.87. The van der Waals surface area contributed by atoms with Crippen LogP contribution in [0.15, 0.2) is 0 Å². The van der Waals surface area contributed by atoms with E-state index in [9.17, 15) is 0 Å². The van der Waals surface area contributed by atoms with Crippen molar-refractivity contribution < 1.29 is 7.90 Å². The molecule has 0 amide bonds. The standard InChI is InChI=1S/Ni.2S.Se. The molecule has 0 saturated heterocycles. The molecule has 4 heteroatoms. The number of rotatable bonds is 0. The minimum atomic E-state index is -0.417. The first-order valence-electron chi connectivity index (χ1n) is 0.387. The molecule has 0 aliphatic rings. The molecule has 0 heterocycles. The second kappa shape index (κ2) is 2.68. The van der Waals surface area contributed by atoms with Crippen LogP contribution >= 0.6 is 21.3 Å². The molecule has 0 atom stereocenters. The average Bonchev–Trinajstić information content (AvgIpc) is 0.811. The average molecular weight is 202 g/mol. The van der Waals surface area contributed by atoms with Gasteiger partial charge in [0.05, 0.1) is 0 Å². The van der Waals surface area contributed by atoms with Crippen molar-refractivity contribution >= 4 is 35.1 Å². The van der Waals surface area contributed by atoms with Gasteiger partial charge < -0.3 is 0 Å². The number of hydrogen-bond donors (Lipinski definition) is 0. The molecule has 0 N–H and O–H groups in total. The Morgan fingerprint density at radius 3 is 1.50 bits per heavy atom. The van der Waals surface area contributed by atoms with Gasteiger partial charge in [0, 0.05) is 0 Å². The molecule has 0 saturated carbocycles. The first-order chi connectivity index (χ1) is 1.73. The van der Waals surface area contributed by atoms with Crippen LogP contribution in [-0.4, -0.2) is 13.8 Å². The van der Waals surface area contributed by atoms with Crippen LogP contribution in [0.4, 0.5) is 0 Å². The van der Waals surface area contributed by atoms with Crippen LogP contribution in [0.1, 0.15) is 0 Å². The van der Waals surface area contributed by atoms with Gasteiger partial charge in [0.2, 0.25) is 0 Å². The Balaban J connectivity index is 4.65. The normalized spacial score (nSPS) is 10.5. The quantitative estimate of drug-likeness (QED) is 0.535. The first kappa shape index (κ1) is 5.45. The van der Waals surface area contributed by atoms with Gasteiger partial charge in [-0.05, 0) is 0 Å². The second-order valence-electron chi connectivity index (χ2n) is 0.158. The van der Waals surface area contributed by atoms with Gasteiger partial charge in [-0.1, -0.05) is 0 Å². The van der Waals surface area contributed by atoms with Crippen LogP contribution in [-0.2, 0) is 7.90 Å². The van der Waals surface area contributed by atoms with Crippen LogP contribution in [0.2, 0.25) is 0 Å². The van der Waals surface area contributed by atoms with Crippen molar-refractivity contribution in [1.29, 1.82) is 0 Å². The van der Waals surface area contributed by atoms with Gasteiger partial charge in [-0.2, -0.15) is 0 Å². The van der Waals surface area contributed by atoms with E-state index in [-0.39, 0.29) is 0 Å². The molecule has 0 spiro atoms. The summed E-state index contributed by atoms with van der Waals surface area (Å²) in [6.07, 6.45) is 0. The first-order valence-corrected chi connectivity index (χ1v) is 5.96. The summed E-state index contributed by atoms with van der Waals surface area (Å²) in [4.78, 5) is 0. The monoisotopic (exact) mass is 202 g/mol. The topological polar surface area (TPSA) is 0 Å². The van der Waals surface area contributed by atoms with Gasteiger partial charge in [-0.25, -0.2) is 0 Å². The minimum absolute atomic E-state index is 0.417. The third-order valence-electron chi connectivity index (χ3n) is 0. The van der Waals surface area contributed by atoms with Gasteiger partial charge >= 0.3 is 43.0 Å². The van der Waals surface area contributed by atoms with Gasteiger partial charge in [-0.15, -0.1) is 0 Å². The summed E-state index contributed by atoms with van der Waals surface area (Å²) in [5, 5.41) is 0. The van der Waals surface area contributed by atoms with Gasteiger partial charge in [0.1, 0.15) is 0 Å². The van der Waals surface area contributed by atoms with E-state index >= 15 is 0 Å². The summed E-state index contributed by atoms with van der Waals surface area (Å²) < 4.78 is 0. The molecular weight excluding hydrogens is 202 g/mol. The Hall–Kier alpha value is 1.45. The molecule has 4 heavy (non-hydrogen) atoms. The SMILES string of the molecule is [S]=[Ni](=[S])=[Se]. The van der Waals surface area contributed by atoms with Gasteiger partial charge in [0.25, 0.3) is 0 Å². The molecule has 0 unspecified atom stereocenters. The van der Waals surface area contributed by atoms with Crippen LogP contribution in [0.3, 0.4) is 0 Å². The summed E-state index contributed by atoms with van der Waals surface area (Å²) in [6.45, 7) is 0. The van der Waals surface area contributed by atoms with Crippen LogP contribution < -0.4 is 0 Å². The summed E-state index contributed by atoms with van der Waals surface area (Å²) >= 11 is 2.57. The molecule has 28 valence electrons. The van der Waals surface area contributed by atoms with Crippen LogP contribution in [0.25, 0.3) is 0 Å². The molecule has 0 radical (unpaired) electrons. The zero-order chi connectivity index (χ0) is 3.58. The van der Waals surface area contributed by atoms with E-state index < -0.39 is 7.90 Å². The summed E-state index contributed by atoms with van der Waals surface area (Å²) in [5.41, 5.74) is 0. The van der Waals surface area contributed by atoms with E-state index in [0.29, 0.717) is 0 Å².